The number of amides is 4. The molecule has 4 N–H and O–H groups in total. The van der Waals surface area contributed by atoms with Crippen molar-refractivity contribution < 1.29 is 18.8 Å². The smallest absolute Gasteiger partial charge is 0.318 e. The fourth-order valence-corrected chi connectivity index (χ4v) is 3.30. The number of hydrogen-bond acceptors (Lipinski definition) is 4. The van der Waals surface area contributed by atoms with Crippen LogP contribution in [0.5, 0.6) is 0 Å². The second kappa shape index (κ2) is 6.96. The molecule has 1 heterocycles. The summed E-state index contributed by atoms with van der Waals surface area (Å²) in [5.41, 5.74) is 6.67. The van der Waals surface area contributed by atoms with Gasteiger partial charge in [-0.25, -0.2) is 4.79 Å². The highest BCUT2D eigenvalue weighted by molar-refractivity contribution is 5.97. The van der Waals surface area contributed by atoms with Crippen molar-refractivity contribution in [3.05, 3.63) is 35.6 Å². The molecule has 7 heteroatoms. The van der Waals surface area contributed by atoms with Gasteiger partial charge in [0.1, 0.15) is 5.58 Å². The molecule has 0 saturated heterocycles. The van der Waals surface area contributed by atoms with Gasteiger partial charge in [0.05, 0.1) is 0 Å². The number of benzene rings is 1. The van der Waals surface area contributed by atoms with Crippen LogP contribution >= 0.6 is 0 Å². The Hall–Kier alpha value is -2.83. The summed E-state index contributed by atoms with van der Waals surface area (Å²) in [6.07, 6.45) is 2.54. The van der Waals surface area contributed by atoms with Gasteiger partial charge in [0.2, 0.25) is 5.91 Å². The first kappa shape index (κ1) is 17.0. The predicted molar refractivity (Wildman–Crippen MR) is 91.9 cm³/mol. The van der Waals surface area contributed by atoms with Crippen LogP contribution in [0.15, 0.2) is 28.7 Å². The van der Waals surface area contributed by atoms with E-state index in [1.165, 1.54) is 0 Å². The van der Waals surface area contributed by atoms with E-state index in [0.717, 1.165) is 16.5 Å². The summed E-state index contributed by atoms with van der Waals surface area (Å²) in [6.45, 7) is 1.94. The number of rotatable bonds is 3. The molecule has 1 aromatic heterocycles. The highest BCUT2D eigenvalue weighted by Gasteiger charge is 2.28. The molecular formula is C18H21N3O4. The Balaban J connectivity index is 1.58. The molecule has 1 aromatic carbocycles. The number of primary amides is 1. The van der Waals surface area contributed by atoms with Gasteiger partial charge in [-0.05, 0) is 44.2 Å². The number of urea groups is 1. The number of para-hydroxylation sites is 1. The molecule has 3 rings (SSSR count). The zero-order valence-corrected chi connectivity index (χ0v) is 14.0. The lowest BCUT2D eigenvalue weighted by Gasteiger charge is -2.27. The van der Waals surface area contributed by atoms with Gasteiger partial charge in [0, 0.05) is 17.3 Å². The van der Waals surface area contributed by atoms with Crippen LogP contribution in [-0.2, 0) is 4.79 Å². The van der Waals surface area contributed by atoms with Crippen molar-refractivity contribution in [2.75, 3.05) is 0 Å². The number of nitrogens with one attached hydrogen (secondary N) is 2. The number of carbonyl (C=O) groups is 3. The van der Waals surface area contributed by atoms with Gasteiger partial charge in [0.25, 0.3) is 5.91 Å². The van der Waals surface area contributed by atoms with E-state index in [1.807, 2.05) is 25.1 Å². The van der Waals surface area contributed by atoms with E-state index in [9.17, 15) is 14.4 Å². The monoisotopic (exact) mass is 343 g/mol. The average Bonchev–Trinajstić information content (AvgIpc) is 3.01. The fourth-order valence-electron chi connectivity index (χ4n) is 3.30. The van der Waals surface area contributed by atoms with E-state index in [-0.39, 0.29) is 29.5 Å². The minimum atomic E-state index is -0.833. The summed E-state index contributed by atoms with van der Waals surface area (Å²) >= 11 is 0. The molecule has 132 valence electrons. The zero-order chi connectivity index (χ0) is 18.0. The number of fused-ring (bicyclic) bond motifs is 1. The summed E-state index contributed by atoms with van der Waals surface area (Å²) in [6, 6.07) is 6.66. The standard InChI is InChI=1S/C18H21N3O4/c1-10-3-2-4-12-9-14(25-15(10)12)17(23)20-13-7-5-11(6-8-13)16(22)21-18(19)24/h2-4,9,11,13H,5-8H2,1H3,(H,20,23)(H3,19,21,22,24). The quantitative estimate of drug-likeness (QED) is 0.792. The third-order valence-corrected chi connectivity index (χ3v) is 4.64. The molecule has 1 aliphatic rings. The van der Waals surface area contributed by atoms with Gasteiger partial charge in [-0.1, -0.05) is 18.2 Å². The van der Waals surface area contributed by atoms with Crippen LogP contribution in [0.1, 0.15) is 41.8 Å². The Morgan fingerprint density at radius 3 is 2.52 bits per heavy atom. The van der Waals surface area contributed by atoms with Gasteiger partial charge < -0.3 is 15.5 Å². The molecule has 0 bridgehead atoms. The van der Waals surface area contributed by atoms with E-state index in [1.54, 1.807) is 6.07 Å². The number of hydrogen-bond donors (Lipinski definition) is 3. The third-order valence-electron chi connectivity index (χ3n) is 4.64. The largest absolute Gasteiger partial charge is 0.451 e. The molecule has 7 nitrogen and oxygen atoms in total. The number of imide groups is 1. The highest BCUT2D eigenvalue weighted by Crippen LogP contribution is 2.26. The predicted octanol–water partition coefficient (Wildman–Crippen LogP) is 2.22. The lowest BCUT2D eigenvalue weighted by molar-refractivity contribution is -0.124. The Kier molecular flexibility index (Phi) is 4.74. The van der Waals surface area contributed by atoms with Crippen molar-refractivity contribution >= 4 is 28.8 Å². The Bertz CT molecular complexity index is 819. The van der Waals surface area contributed by atoms with Crippen molar-refractivity contribution in [2.24, 2.45) is 11.7 Å². The molecule has 0 atom stereocenters. The first-order valence-electron chi connectivity index (χ1n) is 8.34. The van der Waals surface area contributed by atoms with Crippen molar-refractivity contribution in [3.63, 3.8) is 0 Å². The highest BCUT2D eigenvalue weighted by atomic mass is 16.3. The maximum Gasteiger partial charge on any atom is 0.318 e. The SMILES string of the molecule is Cc1cccc2cc(C(=O)NC3CCC(C(=O)NC(N)=O)CC3)oc12. The number of carbonyl (C=O) groups excluding carboxylic acids is 3. The average molecular weight is 343 g/mol. The molecule has 0 unspecified atom stereocenters. The van der Waals surface area contributed by atoms with Crippen LogP contribution in [0, 0.1) is 12.8 Å². The van der Waals surface area contributed by atoms with Crippen LogP contribution in [0.2, 0.25) is 0 Å². The minimum Gasteiger partial charge on any atom is -0.451 e. The number of nitrogens with two attached hydrogens (primary N) is 1. The van der Waals surface area contributed by atoms with E-state index >= 15 is 0 Å². The van der Waals surface area contributed by atoms with Gasteiger partial charge >= 0.3 is 6.03 Å². The van der Waals surface area contributed by atoms with Gasteiger partial charge in [-0.2, -0.15) is 0 Å². The van der Waals surface area contributed by atoms with Gasteiger partial charge in [-0.15, -0.1) is 0 Å². The second-order valence-corrected chi connectivity index (χ2v) is 6.48. The molecular weight excluding hydrogens is 322 g/mol. The van der Waals surface area contributed by atoms with Crippen LogP contribution in [-0.4, -0.2) is 23.9 Å². The van der Waals surface area contributed by atoms with Gasteiger partial charge in [-0.3, -0.25) is 14.9 Å². The molecule has 0 aliphatic heterocycles. The summed E-state index contributed by atoms with van der Waals surface area (Å²) < 4.78 is 5.68. The summed E-state index contributed by atoms with van der Waals surface area (Å²) in [5.74, 6) is -0.543. The molecule has 25 heavy (non-hydrogen) atoms. The second-order valence-electron chi connectivity index (χ2n) is 6.48. The zero-order valence-electron chi connectivity index (χ0n) is 14.0. The first-order chi connectivity index (χ1) is 11.9. The van der Waals surface area contributed by atoms with Gasteiger partial charge in [0.15, 0.2) is 5.76 Å². The van der Waals surface area contributed by atoms with Crippen LogP contribution in [0.3, 0.4) is 0 Å². The number of aryl methyl sites for hydroxylation is 1. The number of furan rings is 1. The third kappa shape index (κ3) is 3.81. The van der Waals surface area contributed by atoms with E-state index in [4.69, 9.17) is 10.2 Å². The maximum atomic E-state index is 12.4. The molecule has 0 spiro atoms. The Labute approximate surface area is 144 Å². The molecule has 0 radical (unpaired) electrons. The lowest BCUT2D eigenvalue weighted by atomic mass is 9.85. The Morgan fingerprint density at radius 2 is 1.88 bits per heavy atom. The Morgan fingerprint density at radius 1 is 1.16 bits per heavy atom. The molecule has 2 aromatic rings. The molecule has 1 fully saturated rings. The van der Waals surface area contributed by atoms with Crippen molar-refractivity contribution in [1.82, 2.24) is 10.6 Å². The maximum absolute atomic E-state index is 12.4. The fraction of sp³-hybridized carbons (Fsp3) is 0.389. The van der Waals surface area contributed by atoms with Crippen molar-refractivity contribution in [3.8, 4) is 0 Å². The first-order valence-corrected chi connectivity index (χ1v) is 8.34. The molecule has 1 aliphatic carbocycles. The van der Waals surface area contributed by atoms with E-state index in [0.29, 0.717) is 25.7 Å². The topological polar surface area (TPSA) is 114 Å². The van der Waals surface area contributed by atoms with Crippen LogP contribution < -0.4 is 16.4 Å². The normalized spacial score (nSPS) is 20.2. The van der Waals surface area contributed by atoms with Crippen LogP contribution in [0.25, 0.3) is 11.0 Å². The summed E-state index contributed by atoms with van der Waals surface area (Å²) in [4.78, 5) is 34.9. The summed E-state index contributed by atoms with van der Waals surface area (Å²) in [7, 11) is 0. The molecule has 1 saturated carbocycles. The van der Waals surface area contributed by atoms with Crippen molar-refractivity contribution in [2.45, 2.75) is 38.6 Å². The van der Waals surface area contributed by atoms with Crippen molar-refractivity contribution in [1.29, 1.82) is 0 Å². The van der Waals surface area contributed by atoms with E-state index < -0.39 is 6.03 Å². The molecule has 4 amide bonds. The minimum absolute atomic E-state index is 0.0144. The van der Waals surface area contributed by atoms with Crippen LogP contribution in [0.4, 0.5) is 4.79 Å². The lowest BCUT2D eigenvalue weighted by Crippen LogP contribution is -2.43. The summed E-state index contributed by atoms with van der Waals surface area (Å²) in [5, 5.41) is 5.97. The van der Waals surface area contributed by atoms with E-state index in [2.05, 4.69) is 10.6 Å².